The monoisotopic (exact) mass is 516 g/mol. The number of nitrogens with one attached hydrogen (secondary N) is 1. The second-order valence-corrected chi connectivity index (χ2v) is 12.0. The predicted octanol–water partition coefficient (Wildman–Crippen LogP) is 3.48. The minimum atomic E-state index is -4.10. The van der Waals surface area contributed by atoms with E-state index in [2.05, 4.69) is 5.32 Å². The third-order valence-corrected chi connectivity index (χ3v) is 8.31. The molecule has 8 nitrogen and oxygen atoms in total. The molecule has 0 saturated heterocycles. The molecular formula is C25H28N2O6S2. The van der Waals surface area contributed by atoms with Crippen LogP contribution < -0.4 is 14.4 Å². The summed E-state index contributed by atoms with van der Waals surface area (Å²) < 4.78 is 56.9. The lowest BCUT2D eigenvalue weighted by molar-refractivity contribution is -0.120. The third-order valence-electron chi connectivity index (χ3n) is 5.41. The number of amides is 1. The van der Waals surface area contributed by atoms with Crippen LogP contribution in [-0.2, 0) is 24.7 Å². The molecule has 3 aromatic rings. The zero-order valence-corrected chi connectivity index (χ0v) is 21.6. The highest BCUT2D eigenvalue weighted by molar-refractivity contribution is 7.93. The molecule has 186 valence electrons. The summed E-state index contributed by atoms with van der Waals surface area (Å²) in [6.45, 7) is 3.07. The molecule has 0 radical (unpaired) electrons. The Bertz CT molecular complexity index is 1400. The first-order valence-corrected chi connectivity index (χ1v) is 14.1. The largest absolute Gasteiger partial charge is 0.495 e. The molecule has 0 spiro atoms. The van der Waals surface area contributed by atoms with Gasteiger partial charge in [0.25, 0.3) is 10.0 Å². The van der Waals surface area contributed by atoms with Gasteiger partial charge in [-0.25, -0.2) is 16.8 Å². The van der Waals surface area contributed by atoms with Gasteiger partial charge in [-0.2, -0.15) is 0 Å². The van der Waals surface area contributed by atoms with E-state index in [4.69, 9.17) is 4.74 Å². The van der Waals surface area contributed by atoms with Gasteiger partial charge in [-0.15, -0.1) is 0 Å². The van der Waals surface area contributed by atoms with Crippen LogP contribution >= 0.6 is 0 Å². The van der Waals surface area contributed by atoms with E-state index in [0.717, 1.165) is 16.1 Å². The Labute approximate surface area is 206 Å². The fraction of sp³-hybridized carbons (Fsp3) is 0.240. The molecule has 0 aromatic heterocycles. The second kappa shape index (κ2) is 10.5. The number of rotatable bonds is 9. The highest BCUT2D eigenvalue weighted by Crippen LogP contribution is 2.33. The number of hydrogen-bond donors (Lipinski definition) is 1. The Morgan fingerprint density at radius 2 is 1.57 bits per heavy atom. The van der Waals surface area contributed by atoms with Gasteiger partial charge in [0.2, 0.25) is 5.91 Å². The van der Waals surface area contributed by atoms with Gasteiger partial charge in [0.05, 0.1) is 28.6 Å². The maximum atomic E-state index is 13.6. The van der Waals surface area contributed by atoms with Crippen LogP contribution in [0.1, 0.15) is 24.1 Å². The van der Waals surface area contributed by atoms with E-state index in [-0.39, 0.29) is 15.5 Å². The molecule has 10 heteroatoms. The summed E-state index contributed by atoms with van der Waals surface area (Å²) in [6.07, 6.45) is 1.12. The average molecular weight is 517 g/mol. The van der Waals surface area contributed by atoms with E-state index in [1.54, 1.807) is 55.5 Å². The lowest BCUT2D eigenvalue weighted by atomic mass is 10.1. The van der Waals surface area contributed by atoms with Crippen LogP contribution in [-0.4, -0.2) is 42.7 Å². The van der Waals surface area contributed by atoms with Crippen molar-refractivity contribution in [2.75, 3.05) is 24.2 Å². The van der Waals surface area contributed by atoms with Crippen LogP contribution in [0, 0.1) is 6.92 Å². The Hall–Kier alpha value is -3.37. The molecule has 3 aromatic carbocycles. The van der Waals surface area contributed by atoms with Gasteiger partial charge >= 0.3 is 0 Å². The van der Waals surface area contributed by atoms with Crippen LogP contribution in [0.4, 0.5) is 5.69 Å². The Kier molecular flexibility index (Phi) is 7.86. The van der Waals surface area contributed by atoms with Gasteiger partial charge in [-0.1, -0.05) is 36.4 Å². The molecule has 0 heterocycles. The minimum Gasteiger partial charge on any atom is -0.495 e. The van der Waals surface area contributed by atoms with E-state index in [1.807, 2.05) is 6.92 Å². The van der Waals surface area contributed by atoms with Crippen molar-refractivity contribution in [3.63, 3.8) is 0 Å². The standard InChI is InChI=1S/C25H28N2O6S2/c1-18-10-15-24(33-3)23(16-18)27(35(31,32)22-8-6-5-7-9-22)17-25(28)26-19(2)20-11-13-21(14-12-20)34(4,29)30/h5-16,19H,17H2,1-4H3,(H,26,28)/t19-/m0/s1. The predicted molar refractivity (Wildman–Crippen MR) is 135 cm³/mol. The van der Waals surface area contributed by atoms with Gasteiger partial charge in [-0.05, 0) is 61.4 Å². The summed E-state index contributed by atoms with van der Waals surface area (Å²) in [5.74, 6) is -0.222. The molecular weight excluding hydrogens is 488 g/mol. The number of carbonyl (C=O) groups excluding carboxylic acids is 1. The number of benzene rings is 3. The number of aryl methyl sites for hydroxylation is 1. The molecule has 0 aliphatic heterocycles. The lowest BCUT2D eigenvalue weighted by Crippen LogP contribution is -2.41. The number of anilines is 1. The summed E-state index contributed by atoms with van der Waals surface area (Å²) >= 11 is 0. The quantitative estimate of drug-likeness (QED) is 0.466. The average Bonchev–Trinajstić information content (AvgIpc) is 2.82. The van der Waals surface area contributed by atoms with Crippen molar-refractivity contribution >= 4 is 31.5 Å². The first kappa shape index (κ1) is 26.2. The van der Waals surface area contributed by atoms with Crippen molar-refractivity contribution in [1.82, 2.24) is 5.32 Å². The van der Waals surface area contributed by atoms with Crippen molar-refractivity contribution < 1.29 is 26.4 Å². The van der Waals surface area contributed by atoms with Crippen LogP contribution in [0.25, 0.3) is 0 Å². The number of hydrogen-bond acceptors (Lipinski definition) is 6. The van der Waals surface area contributed by atoms with E-state index in [0.29, 0.717) is 11.3 Å². The zero-order valence-electron chi connectivity index (χ0n) is 19.9. The highest BCUT2D eigenvalue weighted by Gasteiger charge is 2.30. The maximum absolute atomic E-state index is 13.6. The number of ether oxygens (including phenoxy) is 1. The molecule has 0 saturated carbocycles. The fourth-order valence-electron chi connectivity index (χ4n) is 3.52. The van der Waals surface area contributed by atoms with Gasteiger partial charge in [-0.3, -0.25) is 9.10 Å². The first-order chi connectivity index (χ1) is 16.4. The molecule has 1 atom stereocenters. The zero-order chi connectivity index (χ0) is 25.8. The van der Waals surface area contributed by atoms with Gasteiger partial charge < -0.3 is 10.1 Å². The van der Waals surface area contributed by atoms with Crippen LogP contribution in [0.5, 0.6) is 5.75 Å². The number of sulfonamides is 1. The SMILES string of the molecule is COc1ccc(C)cc1N(CC(=O)N[C@@H](C)c1ccc(S(C)(=O)=O)cc1)S(=O)(=O)c1ccccc1. The van der Waals surface area contributed by atoms with Crippen molar-refractivity contribution in [3.8, 4) is 5.75 Å². The summed E-state index contributed by atoms with van der Waals surface area (Å²) in [4.78, 5) is 13.3. The summed E-state index contributed by atoms with van der Waals surface area (Å²) in [5.41, 5.74) is 1.72. The number of nitrogens with zero attached hydrogens (tertiary/aromatic N) is 1. The second-order valence-electron chi connectivity index (χ2n) is 8.13. The summed E-state index contributed by atoms with van der Waals surface area (Å²) in [6, 6.07) is 18.6. The van der Waals surface area contributed by atoms with Crippen LogP contribution in [0.15, 0.2) is 82.6 Å². The highest BCUT2D eigenvalue weighted by atomic mass is 32.2. The van der Waals surface area contributed by atoms with E-state index in [1.165, 1.54) is 31.4 Å². The van der Waals surface area contributed by atoms with Gasteiger partial charge in [0.1, 0.15) is 12.3 Å². The molecule has 35 heavy (non-hydrogen) atoms. The van der Waals surface area contributed by atoms with Crippen molar-refractivity contribution in [3.05, 3.63) is 83.9 Å². The molecule has 1 amide bonds. The fourth-order valence-corrected chi connectivity index (χ4v) is 5.59. The smallest absolute Gasteiger partial charge is 0.264 e. The topological polar surface area (TPSA) is 110 Å². The Morgan fingerprint density at radius 3 is 2.14 bits per heavy atom. The molecule has 0 aliphatic carbocycles. The maximum Gasteiger partial charge on any atom is 0.264 e. The number of methoxy groups -OCH3 is 1. The molecule has 3 rings (SSSR count). The van der Waals surface area contributed by atoms with Crippen molar-refractivity contribution in [2.45, 2.75) is 29.7 Å². The van der Waals surface area contributed by atoms with E-state index >= 15 is 0 Å². The summed E-state index contributed by atoms with van der Waals surface area (Å²) in [5, 5.41) is 2.79. The molecule has 0 aliphatic rings. The normalized spacial score (nSPS) is 12.6. The van der Waals surface area contributed by atoms with Crippen molar-refractivity contribution in [1.29, 1.82) is 0 Å². The minimum absolute atomic E-state index is 0.0424. The third kappa shape index (κ3) is 6.20. The summed E-state index contributed by atoms with van der Waals surface area (Å²) in [7, 11) is -6.00. The molecule has 0 unspecified atom stereocenters. The van der Waals surface area contributed by atoms with Crippen molar-refractivity contribution in [2.24, 2.45) is 0 Å². The molecule has 0 fully saturated rings. The number of sulfone groups is 1. The van der Waals surface area contributed by atoms with Gasteiger partial charge in [0, 0.05) is 6.26 Å². The Balaban J connectivity index is 1.92. The number of carbonyl (C=O) groups is 1. The van der Waals surface area contributed by atoms with Crippen LogP contribution in [0.2, 0.25) is 0 Å². The Morgan fingerprint density at radius 1 is 0.943 bits per heavy atom. The lowest BCUT2D eigenvalue weighted by Gasteiger charge is -2.26. The van der Waals surface area contributed by atoms with E-state index < -0.39 is 38.4 Å². The molecule has 1 N–H and O–H groups in total. The molecule has 0 bridgehead atoms. The first-order valence-electron chi connectivity index (χ1n) is 10.8. The van der Waals surface area contributed by atoms with Crippen LogP contribution in [0.3, 0.4) is 0 Å². The van der Waals surface area contributed by atoms with E-state index in [9.17, 15) is 21.6 Å². The van der Waals surface area contributed by atoms with Gasteiger partial charge in [0.15, 0.2) is 9.84 Å².